The van der Waals surface area contributed by atoms with E-state index in [0.717, 1.165) is 24.9 Å². The molecule has 1 aromatic rings. The number of ether oxygens (including phenoxy) is 1. The fourth-order valence-electron chi connectivity index (χ4n) is 1.81. The van der Waals surface area contributed by atoms with E-state index in [2.05, 4.69) is 12.2 Å². The summed E-state index contributed by atoms with van der Waals surface area (Å²) in [5, 5.41) is 12.4. The summed E-state index contributed by atoms with van der Waals surface area (Å²) in [6.07, 6.45) is 1.60. The van der Waals surface area contributed by atoms with Crippen LogP contribution in [0.1, 0.15) is 38.7 Å². The minimum Gasteiger partial charge on any atom is -0.479 e. The van der Waals surface area contributed by atoms with Crippen molar-refractivity contribution in [2.45, 2.75) is 45.8 Å². The maximum Gasteiger partial charge on any atom is 0.344 e. The zero-order chi connectivity index (χ0) is 14.1. The summed E-state index contributed by atoms with van der Waals surface area (Å²) in [5.41, 5.74) is 0.998. The molecule has 0 radical (unpaired) electrons. The van der Waals surface area contributed by atoms with Gasteiger partial charge in [0, 0.05) is 12.1 Å². The maximum atomic E-state index is 11.1. The first-order valence-corrected chi connectivity index (χ1v) is 6.87. The first kappa shape index (κ1) is 15.5. The second kappa shape index (κ2) is 8.53. The Morgan fingerprint density at radius 1 is 1.32 bits per heavy atom. The van der Waals surface area contributed by atoms with Crippen molar-refractivity contribution in [3.63, 3.8) is 0 Å². The molecule has 0 saturated heterocycles. The third-order valence-corrected chi connectivity index (χ3v) is 2.81. The van der Waals surface area contributed by atoms with Gasteiger partial charge in [0.1, 0.15) is 5.75 Å². The lowest BCUT2D eigenvalue weighted by atomic mass is 10.1. The Morgan fingerprint density at radius 2 is 2.05 bits per heavy atom. The molecule has 1 unspecified atom stereocenters. The van der Waals surface area contributed by atoms with Crippen LogP contribution in [0.25, 0.3) is 0 Å². The van der Waals surface area contributed by atoms with E-state index in [1.54, 1.807) is 0 Å². The largest absolute Gasteiger partial charge is 0.479 e. The van der Waals surface area contributed by atoms with Crippen LogP contribution >= 0.6 is 0 Å². The third kappa shape index (κ3) is 5.30. The Labute approximate surface area is 114 Å². The Hall–Kier alpha value is -1.55. The minimum absolute atomic E-state index is 0.520. The molecule has 0 aromatic heterocycles. The first-order valence-electron chi connectivity index (χ1n) is 6.87. The van der Waals surface area contributed by atoms with E-state index in [1.165, 1.54) is 0 Å². The van der Waals surface area contributed by atoms with Gasteiger partial charge in [-0.05, 0) is 25.5 Å². The number of carboxylic acid groups (broad SMARTS) is 1. The number of carbonyl (C=O) groups is 1. The molecule has 4 heteroatoms. The molecule has 0 aliphatic rings. The van der Waals surface area contributed by atoms with Gasteiger partial charge in [-0.1, -0.05) is 38.5 Å². The van der Waals surface area contributed by atoms with Crippen molar-refractivity contribution in [1.29, 1.82) is 0 Å². The molecule has 0 spiro atoms. The molecule has 1 aromatic carbocycles. The van der Waals surface area contributed by atoms with Gasteiger partial charge in [-0.2, -0.15) is 0 Å². The predicted molar refractivity (Wildman–Crippen MR) is 75.4 cm³/mol. The zero-order valence-corrected chi connectivity index (χ0v) is 11.7. The number of para-hydroxylation sites is 1. The van der Waals surface area contributed by atoms with Gasteiger partial charge in [-0.25, -0.2) is 4.79 Å². The van der Waals surface area contributed by atoms with Crippen molar-refractivity contribution < 1.29 is 14.6 Å². The Morgan fingerprint density at radius 3 is 2.68 bits per heavy atom. The molecule has 106 valence electrons. The number of rotatable bonds is 9. The van der Waals surface area contributed by atoms with Crippen molar-refractivity contribution in [2.24, 2.45) is 0 Å². The lowest BCUT2D eigenvalue weighted by molar-refractivity contribution is -0.145. The summed E-state index contributed by atoms with van der Waals surface area (Å²) in [5.74, 6) is -0.245. The standard InChI is InChI=1S/C15H23NO3/c1-3-7-14(15(17)18)19-13-9-6-5-8-12(13)11-16-10-4-2/h5-6,8-9,14,16H,3-4,7,10-11H2,1-2H3,(H,17,18). The molecule has 0 aliphatic heterocycles. The van der Waals surface area contributed by atoms with E-state index < -0.39 is 12.1 Å². The molecule has 0 amide bonds. The fourth-order valence-corrected chi connectivity index (χ4v) is 1.81. The average molecular weight is 265 g/mol. The number of benzene rings is 1. The summed E-state index contributed by atoms with van der Waals surface area (Å²) in [6, 6.07) is 7.59. The fraction of sp³-hybridized carbons (Fsp3) is 0.533. The molecule has 0 saturated carbocycles. The second-order valence-electron chi connectivity index (χ2n) is 4.52. The molecule has 1 rings (SSSR count). The van der Waals surface area contributed by atoms with Crippen LogP contribution in [-0.2, 0) is 11.3 Å². The van der Waals surface area contributed by atoms with Crippen molar-refractivity contribution in [1.82, 2.24) is 5.32 Å². The quantitative estimate of drug-likeness (QED) is 0.674. The van der Waals surface area contributed by atoms with E-state index in [-0.39, 0.29) is 0 Å². The molecular formula is C15H23NO3. The minimum atomic E-state index is -0.904. The molecule has 4 nitrogen and oxygen atoms in total. The SMILES string of the molecule is CCCNCc1ccccc1OC(CCC)C(=O)O. The van der Waals surface area contributed by atoms with Crippen LogP contribution in [0.2, 0.25) is 0 Å². The lowest BCUT2D eigenvalue weighted by Gasteiger charge is -2.17. The van der Waals surface area contributed by atoms with Gasteiger partial charge < -0.3 is 15.2 Å². The van der Waals surface area contributed by atoms with Crippen LogP contribution in [0, 0.1) is 0 Å². The number of hydrogen-bond donors (Lipinski definition) is 2. The maximum absolute atomic E-state index is 11.1. The predicted octanol–water partition coefficient (Wildman–Crippen LogP) is 2.82. The molecule has 19 heavy (non-hydrogen) atoms. The molecule has 0 aliphatic carbocycles. The molecule has 1 atom stereocenters. The highest BCUT2D eigenvalue weighted by atomic mass is 16.5. The summed E-state index contributed by atoms with van der Waals surface area (Å²) in [6.45, 7) is 5.69. The number of carboxylic acids is 1. The second-order valence-corrected chi connectivity index (χ2v) is 4.52. The summed E-state index contributed by atoms with van der Waals surface area (Å²) in [7, 11) is 0. The van der Waals surface area contributed by atoms with Crippen LogP contribution in [0.4, 0.5) is 0 Å². The molecule has 0 fully saturated rings. The monoisotopic (exact) mass is 265 g/mol. The molecule has 0 heterocycles. The van der Waals surface area contributed by atoms with Gasteiger partial charge in [-0.15, -0.1) is 0 Å². The summed E-state index contributed by atoms with van der Waals surface area (Å²) >= 11 is 0. The average Bonchev–Trinajstić information content (AvgIpc) is 2.40. The van der Waals surface area contributed by atoms with E-state index in [0.29, 0.717) is 18.7 Å². The van der Waals surface area contributed by atoms with E-state index >= 15 is 0 Å². The molecule has 0 bridgehead atoms. The Balaban J connectivity index is 2.72. The van der Waals surface area contributed by atoms with E-state index in [9.17, 15) is 4.79 Å². The van der Waals surface area contributed by atoms with Gasteiger partial charge in [0.25, 0.3) is 0 Å². The highest BCUT2D eigenvalue weighted by molar-refractivity contribution is 5.72. The zero-order valence-electron chi connectivity index (χ0n) is 11.7. The van der Waals surface area contributed by atoms with Crippen LogP contribution in [0.5, 0.6) is 5.75 Å². The van der Waals surface area contributed by atoms with Gasteiger partial charge >= 0.3 is 5.97 Å². The highest BCUT2D eigenvalue weighted by Crippen LogP contribution is 2.20. The number of nitrogens with one attached hydrogen (secondary N) is 1. The van der Waals surface area contributed by atoms with Gasteiger partial charge in [0.05, 0.1) is 0 Å². The van der Waals surface area contributed by atoms with Crippen LogP contribution in [-0.4, -0.2) is 23.7 Å². The van der Waals surface area contributed by atoms with Gasteiger partial charge in [0.2, 0.25) is 0 Å². The lowest BCUT2D eigenvalue weighted by Crippen LogP contribution is -2.27. The van der Waals surface area contributed by atoms with Crippen molar-refractivity contribution >= 4 is 5.97 Å². The number of aliphatic carboxylic acids is 1. The summed E-state index contributed by atoms with van der Waals surface area (Å²) in [4.78, 5) is 11.1. The first-order chi connectivity index (χ1) is 9.19. The van der Waals surface area contributed by atoms with Crippen LogP contribution in [0.15, 0.2) is 24.3 Å². The smallest absolute Gasteiger partial charge is 0.344 e. The van der Waals surface area contributed by atoms with E-state index in [4.69, 9.17) is 9.84 Å². The molecular weight excluding hydrogens is 242 g/mol. The number of hydrogen-bond acceptors (Lipinski definition) is 3. The normalized spacial score (nSPS) is 12.1. The van der Waals surface area contributed by atoms with Crippen molar-refractivity contribution in [3.05, 3.63) is 29.8 Å². The van der Waals surface area contributed by atoms with Crippen LogP contribution < -0.4 is 10.1 Å². The van der Waals surface area contributed by atoms with Crippen LogP contribution in [0.3, 0.4) is 0 Å². The Kier molecular flexibility index (Phi) is 6.97. The summed E-state index contributed by atoms with van der Waals surface area (Å²) < 4.78 is 5.64. The highest BCUT2D eigenvalue weighted by Gasteiger charge is 2.19. The van der Waals surface area contributed by atoms with Crippen molar-refractivity contribution in [2.75, 3.05) is 6.54 Å². The third-order valence-electron chi connectivity index (χ3n) is 2.81. The van der Waals surface area contributed by atoms with Gasteiger partial charge in [0.15, 0.2) is 6.10 Å². The van der Waals surface area contributed by atoms with Crippen molar-refractivity contribution in [3.8, 4) is 5.75 Å². The molecule has 2 N–H and O–H groups in total. The van der Waals surface area contributed by atoms with E-state index in [1.807, 2.05) is 31.2 Å². The topological polar surface area (TPSA) is 58.6 Å². The Bertz CT molecular complexity index is 393. The van der Waals surface area contributed by atoms with Gasteiger partial charge in [-0.3, -0.25) is 0 Å².